The fraction of sp³-hybridized carbons (Fsp3) is 0.120. The molecule has 32 heavy (non-hydrogen) atoms. The standard InChI is InChI=1S/C25H22N4O3/c1-18-3-2-4-21(15-18)17-32-23-11-7-20(8-12-23)16-27-29-25(31)24(30)28-22-9-5-19(6-10-22)13-14-26/h2-12,15-16H,13,17H2,1H3,(H,28,30)(H,29,31)/b27-16+. The van der Waals surface area contributed by atoms with E-state index in [-0.39, 0.29) is 6.42 Å². The summed E-state index contributed by atoms with van der Waals surface area (Å²) in [7, 11) is 0. The zero-order valence-corrected chi connectivity index (χ0v) is 17.5. The number of rotatable bonds is 7. The minimum Gasteiger partial charge on any atom is -0.489 e. The summed E-state index contributed by atoms with van der Waals surface area (Å²) in [4.78, 5) is 23.9. The summed E-state index contributed by atoms with van der Waals surface area (Å²) < 4.78 is 5.77. The molecule has 0 aliphatic heterocycles. The lowest BCUT2D eigenvalue weighted by Gasteiger charge is -2.07. The van der Waals surface area contributed by atoms with Gasteiger partial charge >= 0.3 is 11.8 Å². The molecule has 3 rings (SSSR count). The third-order valence-corrected chi connectivity index (χ3v) is 4.45. The minimum absolute atomic E-state index is 0.281. The average molecular weight is 426 g/mol. The van der Waals surface area contributed by atoms with Crippen molar-refractivity contribution in [1.29, 1.82) is 5.26 Å². The van der Waals surface area contributed by atoms with Crippen molar-refractivity contribution in [1.82, 2.24) is 5.43 Å². The van der Waals surface area contributed by atoms with E-state index in [1.54, 1.807) is 36.4 Å². The lowest BCUT2D eigenvalue weighted by molar-refractivity contribution is -0.136. The molecule has 0 bridgehead atoms. The molecule has 2 N–H and O–H groups in total. The van der Waals surface area contributed by atoms with Crippen molar-refractivity contribution < 1.29 is 14.3 Å². The highest BCUT2D eigenvalue weighted by atomic mass is 16.5. The lowest BCUT2D eigenvalue weighted by atomic mass is 10.1. The van der Waals surface area contributed by atoms with E-state index in [0.717, 1.165) is 16.7 Å². The number of amides is 2. The van der Waals surface area contributed by atoms with Gasteiger partial charge in [0.05, 0.1) is 18.7 Å². The Balaban J connectivity index is 1.45. The number of hydrazone groups is 1. The third kappa shape index (κ3) is 6.82. The smallest absolute Gasteiger partial charge is 0.329 e. The molecule has 0 atom stereocenters. The van der Waals surface area contributed by atoms with Crippen LogP contribution in [-0.4, -0.2) is 18.0 Å². The Hall–Kier alpha value is -4.44. The number of nitriles is 1. The van der Waals surface area contributed by atoms with Gasteiger partial charge in [-0.3, -0.25) is 9.59 Å². The van der Waals surface area contributed by atoms with Gasteiger partial charge in [-0.1, -0.05) is 42.0 Å². The Kier molecular flexibility index (Phi) is 7.71. The SMILES string of the molecule is Cc1cccc(COc2ccc(/C=N/NC(=O)C(=O)Nc3ccc(CC#N)cc3)cc2)c1. The van der Waals surface area contributed by atoms with Gasteiger partial charge < -0.3 is 10.1 Å². The molecule has 0 fully saturated rings. The Morgan fingerprint density at radius 2 is 1.75 bits per heavy atom. The van der Waals surface area contributed by atoms with Crippen molar-refractivity contribution in [2.75, 3.05) is 5.32 Å². The average Bonchev–Trinajstić information content (AvgIpc) is 2.80. The zero-order chi connectivity index (χ0) is 22.8. The van der Waals surface area contributed by atoms with Crippen LogP contribution in [-0.2, 0) is 22.6 Å². The second kappa shape index (κ2) is 11.1. The van der Waals surface area contributed by atoms with Gasteiger partial charge in [0.15, 0.2) is 0 Å². The summed E-state index contributed by atoms with van der Waals surface area (Å²) in [5.74, 6) is -1.01. The van der Waals surface area contributed by atoms with Crippen LogP contribution in [0.3, 0.4) is 0 Å². The van der Waals surface area contributed by atoms with E-state index in [1.165, 1.54) is 11.8 Å². The summed E-state index contributed by atoms with van der Waals surface area (Å²) in [5, 5.41) is 15.0. The van der Waals surface area contributed by atoms with E-state index in [1.807, 2.05) is 43.3 Å². The van der Waals surface area contributed by atoms with Gasteiger partial charge in [0.2, 0.25) is 0 Å². The Morgan fingerprint density at radius 1 is 1.00 bits per heavy atom. The van der Waals surface area contributed by atoms with Crippen molar-refractivity contribution in [2.24, 2.45) is 5.10 Å². The molecular formula is C25H22N4O3. The molecule has 0 aromatic heterocycles. The summed E-state index contributed by atoms with van der Waals surface area (Å²) in [6.07, 6.45) is 1.72. The maximum absolute atomic E-state index is 12.0. The minimum atomic E-state index is -0.888. The molecule has 7 heteroatoms. The molecule has 0 saturated carbocycles. The van der Waals surface area contributed by atoms with Crippen LogP contribution in [0.2, 0.25) is 0 Å². The number of carbonyl (C=O) groups is 2. The number of ether oxygens (including phenoxy) is 1. The molecular weight excluding hydrogens is 404 g/mol. The number of nitrogens with one attached hydrogen (secondary N) is 2. The molecule has 3 aromatic rings. The van der Waals surface area contributed by atoms with Crippen molar-refractivity contribution in [2.45, 2.75) is 20.0 Å². The molecule has 0 radical (unpaired) electrons. The fourth-order valence-corrected chi connectivity index (χ4v) is 2.82. The van der Waals surface area contributed by atoms with E-state index < -0.39 is 11.8 Å². The van der Waals surface area contributed by atoms with Crippen LogP contribution in [0.1, 0.15) is 22.3 Å². The van der Waals surface area contributed by atoms with Crippen molar-refractivity contribution in [3.63, 3.8) is 0 Å². The van der Waals surface area contributed by atoms with Crippen molar-refractivity contribution in [3.05, 3.63) is 95.1 Å². The molecule has 0 saturated heterocycles. The van der Waals surface area contributed by atoms with E-state index in [9.17, 15) is 9.59 Å². The summed E-state index contributed by atoms with van der Waals surface area (Å²) in [6.45, 7) is 2.51. The first kappa shape index (κ1) is 22.2. The molecule has 160 valence electrons. The predicted molar refractivity (Wildman–Crippen MR) is 122 cm³/mol. The number of carbonyl (C=O) groups excluding carboxylic acids is 2. The van der Waals surface area contributed by atoms with Crippen LogP contribution in [0.5, 0.6) is 5.75 Å². The first-order chi connectivity index (χ1) is 15.5. The Morgan fingerprint density at radius 3 is 2.44 bits per heavy atom. The maximum atomic E-state index is 12.0. The third-order valence-electron chi connectivity index (χ3n) is 4.45. The number of anilines is 1. The highest BCUT2D eigenvalue weighted by molar-refractivity contribution is 6.39. The van der Waals surface area contributed by atoms with Crippen molar-refractivity contribution >= 4 is 23.7 Å². The van der Waals surface area contributed by atoms with E-state index in [4.69, 9.17) is 10.00 Å². The van der Waals surface area contributed by atoms with Crippen molar-refractivity contribution in [3.8, 4) is 11.8 Å². The summed E-state index contributed by atoms with van der Waals surface area (Å²) >= 11 is 0. The first-order valence-corrected chi connectivity index (χ1v) is 9.92. The molecule has 3 aromatic carbocycles. The first-order valence-electron chi connectivity index (χ1n) is 9.92. The number of hydrogen-bond donors (Lipinski definition) is 2. The zero-order valence-electron chi connectivity index (χ0n) is 17.5. The van der Waals surface area contributed by atoms with Gasteiger partial charge in [0.25, 0.3) is 0 Å². The lowest BCUT2D eigenvalue weighted by Crippen LogP contribution is -2.32. The van der Waals surface area contributed by atoms with Crippen LogP contribution in [0.4, 0.5) is 5.69 Å². The molecule has 2 amide bonds. The van der Waals surface area contributed by atoms with E-state index >= 15 is 0 Å². The molecule has 0 unspecified atom stereocenters. The number of aryl methyl sites for hydroxylation is 1. The van der Waals surface area contributed by atoms with Gasteiger partial charge in [-0.15, -0.1) is 0 Å². The number of nitrogens with zero attached hydrogens (tertiary/aromatic N) is 2. The largest absolute Gasteiger partial charge is 0.489 e. The molecule has 0 aliphatic carbocycles. The van der Waals surface area contributed by atoms with Gasteiger partial charge in [-0.25, -0.2) is 5.43 Å². The van der Waals surface area contributed by atoms with Crippen LogP contribution in [0.15, 0.2) is 77.9 Å². The Labute approximate surface area is 186 Å². The van der Waals surface area contributed by atoms with E-state index in [2.05, 4.69) is 21.9 Å². The highest BCUT2D eigenvalue weighted by Crippen LogP contribution is 2.14. The molecule has 0 heterocycles. The normalized spacial score (nSPS) is 10.4. The van der Waals surface area contributed by atoms with Gasteiger partial charge in [-0.05, 0) is 60.0 Å². The van der Waals surface area contributed by atoms with Crippen LogP contribution in [0.25, 0.3) is 0 Å². The predicted octanol–water partition coefficient (Wildman–Crippen LogP) is 3.73. The molecule has 7 nitrogen and oxygen atoms in total. The van der Waals surface area contributed by atoms with E-state index in [0.29, 0.717) is 18.0 Å². The van der Waals surface area contributed by atoms with Gasteiger partial charge in [-0.2, -0.15) is 10.4 Å². The summed E-state index contributed by atoms with van der Waals surface area (Å²) in [5.41, 5.74) is 6.49. The molecule has 0 aliphatic rings. The maximum Gasteiger partial charge on any atom is 0.329 e. The number of hydrogen-bond acceptors (Lipinski definition) is 5. The second-order valence-corrected chi connectivity index (χ2v) is 7.03. The Bertz CT molecular complexity index is 1150. The van der Waals surface area contributed by atoms with Crippen LogP contribution < -0.4 is 15.5 Å². The second-order valence-electron chi connectivity index (χ2n) is 7.03. The van der Waals surface area contributed by atoms with Crippen LogP contribution >= 0.6 is 0 Å². The summed E-state index contributed by atoms with van der Waals surface area (Å²) in [6, 6.07) is 24.0. The topological polar surface area (TPSA) is 104 Å². The molecule has 0 spiro atoms. The number of benzene rings is 3. The monoisotopic (exact) mass is 426 g/mol. The fourth-order valence-electron chi connectivity index (χ4n) is 2.82. The quantitative estimate of drug-likeness (QED) is 0.341. The highest BCUT2D eigenvalue weighted by Gasteiger charge is 2.12. The van der Waals surface area contributed by atoms with Gasteiger partial charge in [0.1, 0.15) is 12.4 Å². The van der Waals surface area contributed by atoms with Crippen LogP contribution in [0, 0.1) is 18.3 Å². The van der Waals surface area contributed by atoms with Gasteiger partial charge in [0, 0.05) is 5.69 Å².